The van der Waals surface area contributed by atoms with E-state index in [9.17, 15) is 13.2 Å². The van der Waals surface area contributed by atoms with Crippen LogP contribution in [0.5, 0.6) is 0 Å². The highest BCUT2D eigenvalue weighted by Gasteiger charge is 2.40. The first-order chi connectivity index (χ1) is 7.48. The summed E-state index contributed by atoms with van der Waals surface area (Å²) in [4.78, 5) is 2.76. The number of hydrogen-bond donors (Lipinski definition) is 0. The quantitative estimate of drug-likeness (QED) is 0.729. The van der Waals surface area contributed by atoms with Gasteiger partial charge in [-0.3, -0.25) is 0 Å². The monoisotopic (exact) mass is 228 g/mol. The molecule has 0 spiro atoms. The van der Waals surface area contributed by atoms with E-state index in [-0.39, 0.29) is 6.67 Å². The van der Waals surface area contributed by atoms with Crippen molar-refractivity contribution in [2.45, 2.75) is 6.18 Å². The Morgan fingerprint density at radius 3 is 2.25 bits per heavy atom. The third kappa shape index (κ3) is 1.98. The van der Waals surface area contributed by atoms with E-state index < -0.39 is 11.9 Å². The highest BCUT2D eigenvalue weighted by Crippen LogP contribution is 2.33. The minimum atomic E-state index is -4.29. The summed E-state index contributed by atoms with van der Waals surface area (Å²) < 4.78 is 37.7. The molecule has 86 valence electrons. The zero-order valence-corrected chi connectivity index (χ0v) is 8.70. The maximum atomic E-state index is 12.6. The van der Waals surface area contributed by atoms with Crippen molar-refractivity contribution in [2.75, 3.05) is 18.6 Å². The molecule has 16 heavy (non-hydrogen) atoms. The molecule has 0 unspecified atom stereocenters. The van der Waals surface area contributed by atoms with Gasteiger partial charge in [-0.2, -0.15) is 13.2 Å². The standard InChI is InChI=1S/C11H11F3N2/c1-15-8-16(7-10(15)11(12,13)14)9-5-3-2-4-6-9/h2-7H,8H2,1H3. The molecule has 1 aromatic carbocycles. The van der Waals surface area contributed by atoms with Gasteiger partial charge in [-0.1, -0.05) is 18.2 Å². The highest BCUT2D eigenvalue weighted by atomic mass is 19.4. The summed E-state index contributed by atoms with van der Waals surface area (Å²) in [5, 5.41) is 0. The molecule has 1 aliphatic rings. The Balaban J connectivity index is 2.26. The second-order valence-corrected chi connectivity index (χ2v) is 3.66. The minimum absolute atomic E-state index is 0.221. The highest BCUT2D eigenvalue weighted by molar-refractivity contribution is 5.51. The van der Waals surface area contributed by atoms with Crippen molar-refractivity contribution in [3.8, 4) is 0 Å². The molecule has 0 saturated carbocycles. The molecular weight excluding hydrogens is 217 g/mol. The van der Waals surface area contributed by atoms with Crippen LogP contribution in [0.25, 0.3) is 0 Å². The smallest absolute Gasteiger partial charge is 0.351 e. The second kappa shape index (κ2) is 3.73. The lowest BCUT2D eigenvalue weighted by molar-refractivity contribution is -0.107. The first-order valence-electron chi connectivity index (χ1n) is 4.80. The van der Waals surface area contributed by atoms with E-state index in [1.54, 1.807) is 29.2 Å². The fourth-order valence-electron chi connectivity index (χ4n) is 1.66. The first kappa shape index (κ1) is 10.9. The van der Waals surface area contributed by atoms with Crippen LogP contribution in [0.3, 0.4) is 0 Å². The van der Waals surface area contributed by atoms with Gasteiger partial charge in [-0.25, -0.2) is 0 Å². The third-order valence-electron chi connectivity index (χ3n) is 2.43. The predicted octanol–water partition coefficient (Wildman–Crippen LogP) is 2.80. The Bertz CT molecular complexity index is 397. The zero-order chi connectivity index (χ0) is 11.8. The topological polar surface area (TPSA) is 6.48 Å². The van der Waals surface area contributed by atoms with Gasteiger partial charge in [0.15, 0.2) is 0 Å². The molecule has 2 rings (SSSR count). The van der Waals surface area contributed by atoms with Gasteiger partial charge in [0.25, 0.3) is 0 Å². The number of benzene rings is 1. The lowest BCUT2D eigenvalue weighted by atomic mass is 10.3. The second-order valence-electron chi connectivity index (χ2n) is 3.66. The van der Waals surface area contributed by atoms with E-state index >= 15 is 0 Å². The van der Waals surface area contributed by atoms with Crippen LogP contribution in [0, 0.1) is 0 Å². The summed E-state index contributed by atoms with van der Waals surface area (Å²) in [6.07, 6.45) is -3.16. The Kier molecular flexibility index (Phi) is 2.53. The first-order valence-corrected chi connectivity index (χ1v) is 4.80. The molecule has 0 saturated heterocycles. The summed E-state index contributed by atoms with van der Waals surface area (Å²) in [5.41, 5.74) is 0.143. The summed E-state index contributed by atoms with van der Waals surface area (Å²) in [6.45, 7) is 0.221. The summed E-state index contributed by atoms with van der Waals surface area (Å²) >= 11 is 0. The molecule has 0 N–H and O–H groups in total. The van der Waals surface area contributed by atoms with Crippen molar-refractivity contribution in [1.29, 1.82) is 0 Å². The normalized spacial score (nSPS) is 16.6. The average Bonchev–Trinajstić information content (AvgIpc) is 2.61. The van der Waals surface area contributed by atoms with Crippen LogP contribution in [0.15, 0.2) is 42.2 Å². The molecular formula is C11H11F3N2. The molecule has 2 nitrogen and oxygen atoms in total. The molecule has 1 heterocycles. The fourth-order valence-corrected chi connectivity index (χ4v) is 1.66. The van der Waals surface area contributed by atoms with Gasteiger partial charge < -0.3 is 9.80 Å². The summed E-state index contributed by atoms with van der Waals surface area (Å²) in [5.74, 6) is 0. The maximum Gasteiger partial charge on any atom is 0.432 e. The molecule has 0 fully saturated rings. The van der Waals surface area contributed by atoms with Crippen LogP contribution < -0.4 is 4.90 Å². The van der Waals surface area contributed by atoms with E-state index in [0.29, 0.717) is 0 Å². The molecule has 1 aliphatic heterocycles. The minimum Gasteiger partial charge on any atom is -0.351 e. The Hall–Kier alpha value is -1.65. The van der Waals surface area contributed by atoms with Gasteiger partial charge in [0.2, 0.25) is 0 Å². The van der Waals surface area contributed by atoms with Crippen LogP contribution in [-0.2, 0) is 0 Å². The van der Waals surface area contributed by atoms with Gasteiger partial charge in [0.05, 0.1) is 6.67 Å². The van der Waals surface area contributed by atoms with E-state index in [0.717, 1.165) is 11.9 Å². The number of rotatable bonds is 1. The van der Waals surface area contributed by atoms with Gasteiger partial charge in [0, 0.05) is 18.9 Å². The van der Waals surface area contributed by atoms with Crippen molar-refractivity contribution in [1.82, 2.24) is 4.90 Å². The van der Waals surface area contributed by atoms with Crippen LogP contribution in [0.2, 0.25) is 0 Å². The Morgan fingerprint density at radius 2 is 1.75 bits per heavy atom. The third-order valence-corrected chi connectivity index (χ3v) is 2.43. The molecule has 0 aromatic heterocycles. The Morgan fingerprint density at radius 1 is 1.12 bits per heavy atom. The zero-order valence-electron chi connectivity index (χ0n) is 8.70. The largest absolute Gasteiger partial charge is 0.432 e. The van der Waals surface area contributed by atoms with Gasteiger partial charge in [0.1, 0.15) is 5.70 Å². The molecule has 0 atom stereocenters. The maximum absolute atomic E-state index is 12.6. The SMILES string of the molecule is CN1CN(c2ccccc2)C=C1C(F)(F)F. The van der Waals surface area contributed by atoms with Crippen molar-refractivity contribution < 1.29 is 13.2 Å². The van der Waals surface area contributed by atoms with E-state index in [1.807, 2.05) is 6.07 Å². The fraction of sp³-hybridized carbons (Fsp3) is 0.273. The van der Waals surface area contributed by atoms with Crippen LogP contribution in [-0.4, -0.2) is 24.8 Å². The van der Waals surface area contributed by atoms with Gasteiger partial charge >= 0.3 is 6.18 Å². The molecule has 1 aromatic rings. The average molecular weight is 228 g/mol. The van der Waals surface area contributed by atoms with Crippen molar-refractivity contribution in [2.24, 2.45) is 0 Å². The molecule has 0 aliphatic carbocycles. The summed E-state index contributed by atoms with van der Waals surface area (Å²) in [6, 6.07) is 8.99. The number of halogens is 3. The summed E-state index contributed by atoms with van der Waals surface area (Å²) in [7, 11) is 1.43. The Labute approximate surface area is 91.6 Å². The van der Waals surface area contributed by atoms with Crippen molar-refractivity contribution in [3.05, 3.63) is 42.2 Å². The van der Waals surface area contributed by atoms with E-state index in [1.165, 1.54) is 11.9 Å². The van der Waals surface area contributed by atoms with Gasteiger partial charge in [-0.05, 0) is 12.1 Å². The number of anilines is 1. The molecule has 5 heteroatoms. The number of alkyl halides is 3. The van der Waals surface area contributed by atoms with Crippen molar-refractivity contribution in [3.63, 3.8) is 0 Å². The lowest BCUT2D eigenvalue weighted by Gasteiger charge is -2.20. The number of hydrogen-bond acceptors (Lipinski definition) is 2. The van der Waals surface area contributed by atoms with Crippen LogP contribution >= 0.6 is 0 Å². The lowest BCUT2D eigenvalue weighted by Crippen LogP contribution is -2.27. The van der Waals surface area contributed by atoms with E-state index in [4.69, 9.17) is 0 Å². The van der Waals surface area contributed by atoms with Gasteiger partial charge in [-0.15, -0.1) is 0 Å². The number of allylic oxidation sites excluding steroid dienone is 1. The number of nitrogens with zero attached hydrogens (tertiary/aromatic N) is 2. The molecule has 0 amide bonds. The molecule has 0 bridgehead atoms. The predicted molar refractivity (Wildman–Crippen MR) is 55.7 cm³/mol. The van der Waals surface area contributed by atoms with E-state index in [2.05, 4.69) is 0 Å². The van der Waals surface area contributed by atoms with Crippen molar-refractivity contribution >= 4 is 5.69 Å². The number of para-hydroxylation sites is 1. The van der Waals surface area contributed by atoms with Crippen LogP contribution in [0.1, 0.15) is 0 Å². The van der Waals surface area contributed by atoms with Crippen LogP contribution in [0.4, 0.5) is 18.9 Å². The molecule has 0 radical (unpaired) electrons.